The minimum Gasteiger partial charge on any atom is -0.381 e. The van der Waals surface area contributed by atoms with E-state index in [0.29, 0.717) is 34.9 Å². The molecular weight excluding hydrogens is 537 g/mol. The maximum Gasteiger partial charge on any atom is 0.417 e. The summed E-state index contributed by atoms with van der Waals surface area (Å²) in [6, 6.07) is 14.1. The van der Waals surface area contributed by atoms with Gasteiger partial charge in [-0.25, -0.2) is 0 Å². The first-order valence-corrected chi connectivity index (χ1v) is 11.9. The highest BCUT2D eigenvalue weighted by Gasteiger charge is 2.33. The van der Waals surface area contributed by atoms with Crippen molar-refractivity contribution in [1.82, 2.24) is 15.5 Å². The van der Waals surface area contributed by atoms with Gasteiger partial charge in [-0.2, -0.15) is 18.3 Å². The van der Waals surface area contributed by atoms with Gasteiger partial charge in [-0.15, -0.1) is 0 Å². The highest BCUT2D eigenvalue weighted by atomic mass is 35.5. The van der Waals surface area contributed by atoms with Gasteiger partial charge in [0.05, 0.1) is 16.1 Å². The van der Waals surface area contributed by atoms with Gasteiger partial charge >= 0.3 is 6.18 Å². The molecule has 1 atom stereocenters. The number of anilines is 2. The van der Waals surface area contributed by atoms with Crippen molar-refractivity contribution in [2.45, 2.75) is 25.7 Å². The van der Waals surface area contributed by atoms with Gasteiger partial charge in [0.25, 0.3) is 11.8 Å². The van der Waals surface area contributed by atoms with Crippen LogP contribution in [0.3, 0.4) is 0 Å². The van der Waals surface area contributed by atoms with E-state index in [4.69, 9.17) is 17.3 Å². The van der Waals surface area contributed by atoms with E-state index in [1.54, 1.807) is 36.4 Å². The average molecular weight is 559 g/mol. The second-order valence-corrected chi connectivity index (χ2v) is 9.04. The van der Waals surface area contributed by atoms with Gasteiger partial charge in [0.2, 0.25) is 5.91 Å². The summed E-state index contributed by atoms with van der Waals surface area (Å²) in [5.74, 6) is -1.92. The van der Waals surface area contributed by atoms with Crippen LogP contribution in [0.5, 0.6) is 0 Å². The SMILES string of the molecule is C[C@H](NC(=O)c1n[nH]c2cc(NCc3cccc(NC(=O)c4ccc(Cl)c(C(F)(F)F)c4)c3)ccc12)C(N)=O. The Bertz CT molecular complexity index is 1570. The summed E-state index contributed by atoms with van der Waals surface area (Å²) in [6.07, 6.45) is -4.68. The highest BCUT2D eigenvalue weighted by Crippen LogP contribution is 2.35. The monoisotopic (exact) mass is 558 g/mol. The van der Waals surface area contributed by atoms with Crippen molar-refractivity contribution in [1.29, 1.82) is 0 Å². The fourth-order valence-electron chi connectivity index (χ4n) is 3.69. The molecule has 4 aromatic rings. The van der Waals surface area contributed by atoms with Gasteiger partial charge in [-0.05, 0) is 61.0 Å². The van der Waals surface area contributed by atoms with E-state index in [2.05, 4.69) is 26.1 Å². The third kappa shape index (κ3) is 6.47. The Labute approximate surface area is 224 Å². The van der Waals surface area contributed by atoms with Crippen LogP contribution in [0.4, 0.5) is 24.5 Å². The number of primary amides is 1. The fraction of sp³-hybridized carbons (Fsp3) is 0.154. The minimum absolute atomic E-state index is 0.121. The van der Waals surface area contributed by atoms with Crippen LogP contribution in [0, 0.1) is 0 Å². The number of rotatable bonds is 8. The summed E-state index contributed by atoms with van der Waals surface area (Å²) >= 11 is 5.63. The van der Waals surface area contributed by atoms with Crippen molar-refractivity contribution in [2.24, 2.45) is 5.73 Å². The fourth-order valence-corrected chi connectivity index (χ4v) is 3.91. The topological polar surface area (TPSA) is 142 Å². The molecule has 1 aromatic heterocycles. The van der Waals surface area contributed by atoms with E-state index >= 15 is 0 Å². The molecule has 0 aliphatic carbocycles. The van der Waals surface area contributed by atoms with E-state index in [0.717, 1.165) is 11.6 Å². The number of fused-ring (bicyclic) bond motifs is 1. The lowest BCUT2D eigenvalue weighted by atomic mass is 10.1. The number of aromatic nitrogens is 2. The van der Waals surface area contributed by atoms with Crippen molar-refractivity contribution >= 4 is 51.6 Å². The summed E-state index contributed by atoms with van der Waals surface area (Å²) in [5, 5.41) is 15.2. The Kier molecular flexibility index (Phi) is 7.77. The summed E-state index contributed by atoms with van der Waals surface area (Å²) < 4.78 is 39.4. The molecule has 13 heteroatoms. The van der Waals surface area contributed by atoms with Crippen LogP contribution in [-0.4, -0.2) is 34.0 Å². The molecule has 0 spiro atoms. The molecule has 0 aliphatic heterocycles. The number of nitrogens with one attached hydrogen (secondary N) is 4. The molecule has 0 saturated carbocycles. The third-order valence-corrected chi connectivity index (χ3v) is 6.10. The number of H-pyrrole nitrogens is 1. The van der Waals surface area contributed by atoms with Gasteiger partial charge in [-0.3, -0.25) is 19.5 Å². The quantitative estimate of drug-likeness (QED) is 0.213. The predicted octanol–water partition coefficient (Wildman–Crippen LogP) is 4.70. The molecule has 0 fully saturated rings. The molecule has 4 rings (SSSR count). The number of nitrogens with two attached hydrogens (primary N) is 1. The first-order valence-electron chi connectivity index (χ1n) is 11.5. The number of aromatic amines is 1. The number of halogens is 4. The highest BCUT2D eigenvalue weighted by molar-refractivity contribution is 6.31. The molecule has 202 valence electrons. The van der Waals surface area contributed by atoms with Gasteiger partial charge in [-0.1, -0.05) is 23.7 Å². The molecule has 0 bridgehead atoms. The first-order chi connectivity index (χ1) is 18.4. The lowest BCUT2D eigenvalue weighted by Gasteiger charge is -2.12. The van der Waals surface area contributed by atoms with Crippen molar-refractivity contribution < 1.29 is 27.6 Å². The van der Waals surface area contributed by atoms with Crippen molar-refractivity contribution in [3.05, 3.63) is 88.1 Å². The Morgan fingerprint density at radius 2 is 1.79 bits per heavy atom. The number of benzene rings is 3. The Balaban J connectivity index is 1.42. The Hall–Kier alpha value is -4.58. The smallest absolute Gasteiger partial charge is 0.381 e. The van der Waals surface area contributed by atoms with E-state index in [-0.39, 0.29) is 11.3 Å². The number of nitrogens with zero attached hydrogens (tertiary/aromatic N) is 1. The van der Waals surface area contributed by atoms with Crippen LogP contribution in [-0.2, 0) is 17.5 Å². The van der Waals surface area contributed by atoms with E-state index in [1.165, 1.54) is 13.0 Å². The largest absolute Gasteiger partial charge is 0.417 e. The molecule has 0 saturated heterocycles. The van der Waals surface area contributed by atoms with Gasteiger partial charge in [0, 0.05) is 28.9 Å². The van der Waals surface area contributed by atoms with E-state index < -0.39 is 40.5 Å². The summed E-state index contributed by atoms with van der Waals surface area (Å²) in [5.41, 5.74) is 6.51. The van der Waals surface area contributed by atoms with E-state index in [9.17, 15) is 27.6 Å². The van der Waals surface area contributed by atoms with E-state index in [1.807, 2.05) is 6.07 Å². The number of hydrogen-bond acceptors (Lipinski definition) is 5. The van der Waals surface area contributed by atoms with Crippen molar-refractivity contribution in [2.75, 3.05) is 10.6 Å². The molecule has 0 radical (unpaired) electrons. The van der Waals surface area contributed by atoms with Crippen molar-refractivity contribution in [3.63, 3.8) is 0 Å². The molecule has 3 aromatic carbocycles. The predicted molar refractivity (Wildman–Crippen MR) is 140 cm³/mol. The van der Waals surface area contributed by atoms with Gasteiger partial charge in [0.15, 0.2) is 5.69 Å². The molecule has 0 unspecified atom stereocenters. The zero-order chi connectivity index (χ0) is 28.3. The van der Waals surface area contributed by atoms with Crippen LogP contribution in [0.25, 0.3) is 10.9 Å². The second kappa shape index (κ2) is 11.0. The zero-order valence-electron chi connectivity index (χ0n) is 20.3. The lowest BCUT2D eigenvalue weighted by molar-refractivity contribution is -0.137. The third-order valence-electron chi connectivity index (χ3n) is 5.77. The Morgan fingerprint density at radius 3 is 2.51 bits per heavy atom. The summed E-state index contributed by atoms with van der Waals surface area (Å²) in [7, 11) is 0. The lowest BCUT2D eigenvalue weighted by Crippen LogP contribution is -2.42. The number of carbonyl (C=O) groups excluding carboxylic acids is 3. The average Bonchev–Trinajstić information content (AvgIpc) is 3.30. The molecule has 39 heavy (non-hydrogen) atoms. The maximum atomic E-state index is 13.1. The zero-order valence-corrected chi connectivity index (χ0v) is 21.1. The number of hydrogen-bond donors (Lipinski definition) is 5. The molecule has 3 amide bonds. The standard InChI is InChI=1S/C26H22ClF3N6O3/c1-13(23(31)37)33-25(39)22-18-7-6-16(11-21(18)35-36-22)32-12-14-3-2-4-17(9-14)34-24(38)15-5-8-20(27)19(10-15)26(28,29)30/h2-11,13,32H,12H2,1H3,(H2,31,37)(H,33,39)(H,34,38)(H,35,36)/t13-/m0/s1. The van der Waals surface area contributed by atoms with Crippen LogP contribution in [0.2, 0.25) is 5.02 Å². The van der Waals surface area contributed by atoms with Crippen LogP contribution < -0.4 is 21.7 Å². The first kappa shape index (κ1) is 27.5. The normalized spacial score (nSPS) is 12.1. The summed E-state index contributed by atoms with van der Waals surface area (Å²) in [4.78, 5) is 36.2. The van der Waals surface area contributed by atoms with Gasteiger partial charge < -0.3 is 21.7 Å². The van der Waals surface area contributed by atoms with Crippen LogP contribution >= 0.6 is 11.6 Å². The molecular formula is C26H22ClF3N6O3. The Morgan fingerprint density at radius 1 is 1.03 bits per heavy atom. The molecule has 6 N–H and O–H groups in total. The molecule has 9 nitrogen and oxygen atoms in total. The number of amides is 3. The van der Waals surface area contributed by atoms with Gasteiger partial charge in [0.1, 0.15) is 6.04 Å². The second-order valence-electron chi connectivity index (χ2n) is 8.63. The van der Waals surface area contributed by atoms with Crippen LogP contribution in [0.1, 0.15) is 38.9 Å². The number of alkyl halides is 3. The maximum absolute atomic E-state index is 13.1. The minimum atomic E-state index is -4.68. The van der Waals surface area contributed by atoms with Crippen molar-refractivity contribution in [3.8, 4) is 0 Å². The summed E-state index contributed by atoms with van der Waals surface area (Å²) in [6.45, 7) is 1.82. The van der Waals surface area contributed by atoms with Crippen LogP contribution in [0.15, 0.2) is 60.7 Å². The molecule has 0 aliphatic rings. The molecule has 1 heterocycles. The number of carbonyl (C=O) groups is 3.